The van der Waals surface area contributed by atoms with Crippen LogP contribution in [0.4, 0.5) is 0 Å². The van der Waals surface area contributed by atoms with Crippen molar-refractivity contribution in [2.75, 3.05) is 5.75 Å². The summed E-state index contributed by atoms with van der Waals surface area (Å²) in [6, 6.07) is 6.74. The predicted octanol–water partition coefficient (Wildman–Crippen LogP) is 3.25. The number of benzene rings is 1. The maximum atomic E-state index is 10.7. The molecule has 0 saturated heterocycles. The van der Waals surface area contributed by atoms with Crippen LogP contribution in [-0.2, 0) is 4.79 Å². The van der Waals surface area contributed by atoms with E-state index in [4.69, 9.17) is 5.11 Å². The lowest BCUT2D eigenvalue weighted by atomic mass is 9.93. The zero-order chi connectivity index (χ0) is 13.4. The second-order valence-electron chi connectivity index (χ2n) is 5.02. The van der Waals surface area contributed by atoms with Crippen molar-refractivity contribution in [1.82, 2.24) is 9.55 Å². The number of aromatic nitrogens is 2. The Bertz CT molecular complexity index is 632. The van der Waals surface area contributed by atoms with Crippen LogP contribution in [0.25, 0.3) is 11.0 Å². The molecule has 1 aromatic heterocycles. The number of aliphatic carboxylic acids is 1. The van der Waals surface area contributed by atoms with Gasteiger partial charge in [-0.3, -0.25) is 4.79 Å². The van der Waals surface area contributed by atoms with Crippen molar-refractivity contribution in [3.05, 3.63) is 23.8 Å². The van der Waals surface area contributed by atoms with Gasteiger partial charge in [-0.2, -0.15) is 0 Å². The first-order valence-corrected chi connectivity index (χ1v) is 7.47. The number of carbonyl (C=O) groups is 1. The van der Waals surface area contributed by atoms with Crippen LogP contribution in [0.15, 0.2) is 23.4 Å². The largest absolute Gasteiger partial charge is 0.481 e. The topological polar surface area (TPSA) is 55.1 Å². The van der Waals surface area contributed by atoms with Crippen molar-refractivity contribution >= 4 is 28.8 Å². The summed E-state index contributed by atoms with van der Waals surface area (Å²) in [5.74, 6) is -0.733. The molecular formula is C14H16N2O2S. The van der Waals surface area contributed by atoms with Crippen molar-refractivity contribution in [2.24, 2.45) is 0 Å². The van der Waals surface area contributed by atoms with Crippen LogP contribution in [0, 0.1) is 6.92 Å². The minimum absolute atomic E-state index is 0.0645. The molecule has 5 heteroatoms. The molecule has 0 atom stereocenters. The van der Waals surface area contributed by atoms with Crippen LogP contribution in [0.2, 0.25) is 0 Å². The van der Waals surface area contributed by atoms with E-state index in [0.717, 1.165) is 16.2 Å². The third-order valence-electron chi connectivity index (χ3n) is 3.58. The van der Waals surface area contributed by atoms with Crippen LogP contribution in [0.3, 0.4) is 0 Å². The Hall–Kier alpha value is -1.49. The standard InChI is InChI=1S/C14H16N2O2S/c1-9-5-6-12-11(7-9)15-14(19-8-13(17)18)16(12)10-3-2-4-10/h5-7,10H,2-4,8H2,1H3,(H,17,18). The number of carboxylic acid groups (broad SMARTS) is 1. The molecule has 1 heterocycles. The Morgan fingerprint density at radius 2 is 2.32 bits per heavy atom. The molecule has 0 radical (unpaired) electrons. The van der Waals surface area contributed by atoms with Crippen molar-refractivity contribution in [2.45, 2.75) is 37.4 Å². The van der Waals surface area contributed by atoms with Gasteiger partial charge in [-0.1, -0.05) is 17.8 Å². The lowest BCUT2D eigenvalue weighted by Crippen LogP contribution is -2.18. The second kappa shape index (κ2) is 4.89. The van der Waals surface area contributed by atoms with E-state index in [1.807, 2.05) is 6.92 Å². The molecule has 1 N–H and O–H groups in total. The van der Waals surface area contributed by atoms with E-state index in [1.54, 1.807) is 0 Å². The lowest BCUT2D eigenvalue weighted by Gasteiger charge is -2.28. The normalized spacial score (nSPS) is 15.6. The summed E-state index contributed by atoms with van der Waals surface area (Å²) in [7, 11) is 0. The molecule has 0 unspecified atom stereocenters. The van der Waals surface area contributed by atoms with E-state index in [9.17, 15) is 4.79 Å². The first-order chi connectivity index (χ1) is 9.15. The summed E-state index contributed by atoms with van der Waals surface area (Å²) >= 11 is 1.32. The van der Waals surface area contributed by atoms with Crippen LogP contribution >= 0.6 is 11.8 Å². The summed E-state index contributed by atoms with van der Waals surface area (Å²) in [5.41, 5.74) is 3.28. The Labute approximate surface area is 115 Å². The average molecular weight is 276 g/mol. The minimum Gasteiger partial charge on any atom is -0.481 e. The van der Waals surface area contributed by atoms with Gasteiger partial charge in [-0.25, -0.2) is 4.98 Å². The van der Waals surface area contributed by atoms with Crippen molar-refractivity contribution in [3.8, 4) is 0 Å². The third-order valence-corrected chi connectivity index (χ3v) is 4.51. The molecule has 1 fully saturated rings. The smallest absolute Gasteiger partial charge is 0.313 e. The van der Waals surface area contributed by atoms with Crippen molar-refractivity contribution in [1.29, 1.82) is 0 Å². The molecule has 1 aromatic carbocycles. The number of nitrogens with zero attached hydrogens (tertiary/aromatic N) is 2. The molecule has 3 rings (SSSR count). The summed E-state index contributed by atoms with van der Waals surface area (Å²) in [4.78, 5) is 15.4. The second-order valence-corrected chi connectivity index (χ2v) is 5.97. The SMILES string of the molecule is Cc1ccc2c(c1)nc(SCC(=O)O)n2C1CCC1. The summed E-state index contributed by atoms with van der Waals surface area (Å²) in [6.45, 7) is 2.05. The summed E-state index contributed by atoms with van der Waals surface area (Å²) in [5, 5.41) is 9.68. The lowest BCUT2D eigenvalue weighted by molar-refractivity contribution is -0.133. The molecule has 1 saturated carbocycles. The molecule has 100 valence electrons. The Morgan fingerprint density at radius 1 is 1.53 bits per heavy atom. The number of imidazole rings is 1. The fraction of sp³-hybridized carbons (Fsp3) is 0.429. The number of hydrogen-bond donors (Lipinski definition) is 1. The number of thioether (sulfide) groups is 1. The van der Waals surface area contributed by atoms with Gasteiger partial charge in [0, 0.05) is 6.04 Å². The fourth-order valence-corrected chi connectivity index (χ4v) is 3.21. The number of rotatable bonds is 4. The maximum Gasteiger partial charge on any atom is 0.313 e. The Balaban J connectivity index is 2.04. The molecule has 19 heavy (non-hydrogen) atoms. The molecule has 2 aromatic rings. The van der Waals surface area contributed by atoms with Crippen molar-refractivity contribution in [3.63, 3.8) is 0 Å². The fourth-order valence-electron chi connectivity index (χ4n) is 2.41. The average Bonchev–Trinajstić information content (AvgIpc) is 2.62. The van der Waals surface area contributed by atoms with E-state index < -0.39 is 5.97 Å². The first kappa shape index (κ1) is 12.5. The predicted molar refractivity (Wildman–Crippen MR) is 75.7 cm³/mol. The minimum atomic E-state index is -0.798. The zero-order valence-corrected chi connectivity index (χ0v) is 11.6. The van der Waals surface area contributed by atoms with Gasteiger partial charge in [0.1, 0.15) is 0 Å². The Kier molecular flexibility index (Phi) is 3.22. The summed E-state index contributed by atoms with van der Waals surface area (Å²) < 4.78 is 2.23. The van der Waals surface area contributed by atoms with Crippen LogP contribution in [0.5, 0.6) is 0 Å². The quantitative estimate of drug-likeness (QED) is 0.871. The van der Waals surface area contributed by atoms with Crippen LogP contribution in [-0.4, -0.2) is 26.4 Å². The first-order valence-electron chi connectivity index (χ1n) is 6.48. The molecule has 4 nitrogen and oxygen atoms in total. The maximum absolute atomic E-state index is 10.7. The van der Waals surface area contributed by atoms with Gasteiger partial charge in [0.15, 0.2) is 5.16 Å². The molecule has 1 aliphatic carbocycles. The van der Waals surface area contributed by atoms with Gasteiger partial charge in [0.05, 0.1) is 16.8 Å². The molecule has 0 aliphatic heterocycles. The summed E-state index contributed by atoms with van der Waals surface area (Å²) in [6.07, 6.45) is 3.58. The third kappa shape index (κ3) is 2.34. The number of hydrogen-bond acceptors (Lipinski definition) is 3. The van der Waals surface area contributed by atoms with Crippen molar-refractivity contribution < 1.29 is 9.90 Å². The van der Waals surface area contributed by atoms with Gasteiger partial charge in [0.25, 0.3) is 0 Å². The van der Waals surface area contributed by atoms with E-state index in [2.05, 4.69) is 27.8 Å². The highest BCUT2D eigenvalue weighted by molar-refractivity contribution is 7.99. The van der Waals surface area contributed by atoms with E-state index in [0.29, 0.717) is 6.04 Å². The van der Waals surface area contributed by atoms with Gasteiger partial charge in [0.2, 0.25) is 0 Å². The zero-order valence-electron chi connectivity index (χ0n) is 10.8. The highest BCUT2D eigenvalue weighted by Crippen LogP contribution is 2.38. The van der Waals surface area contributed by atoms with Gasteiger partial charge in [-0.15, -0.1) is 0 Å². The van der Waals surface area contributed by atoms with Gasteiger partial charge >= 0.3 is 5.97 Å². The van der Waals surface area contributed by atoms with Gasteiger partial charge < -0.3 is 9.67 Å². The molecule has 1 aliphatic rings. The Morgan fingerprint density at radius 3 is 2.95 bits per heavy atom. The molecule has 0 spiro atoms. The van der Waals surface area contributed by atoms with E-state index in [-0.39, 0.29) is 5.75 Å². The van der Waals surface area contributed by atoms with Crippen LogP contribution < -0.4 is 0 Å². The molecule has 0 bridgehead atoms. The monoisotopic (exact) mass is 276 g/mol. The molecular weight excluding hydrogens is 260 g/mol. The highest BCUT2D eigenvalue weighted by atomic mass is 32.2. The van der Waals surface area contributed by atoms with Crippen LogP contribution in [0.1, 0.15) is 30.9 Å². The van der Waals surface area contributed by atoms with E-state index >= 15 is 0 Å². The number of fused-ring (bicyclic) bond motifs is 1. The highest BCUT2D eigenvalue weighted by Gasteiger charge is 2.25. The van der Waals surface area contributed by atoms with Gasteiger partial charge in [-0.05, 0) is 43.9 Å². The molecule has 0 amide bonds. The van der Waals surface area contributed by atoms with E-state index in [1.165, 1.54) is 36.6 Å². The number of carboxylic acids is 1. The number of aryl methyl sites for hydroxylation is 1.